The smallest absolute Gasteiger partial charge is 0.341 e. The molecule has 1 rings (SSSR count). The zero-order valence-electron chi connectivity index (χ0n) is 11.6. The molecule has 0 spiro atoms. The van der Waals surface area contributed by atoms with E-state index < -0.39 is 12.1 Å². The molecule has 0 saturated carbocycles. The monoisotopic (exact) mass is 264 g/mol. The van der Waals surface area contributed by atoms with Gasteiger partial charge in [0.05, 0.1) is 5.56 Å². The van der Waals surface area contributed by atoms with E-state index in [0.29, 0.717) is 18.8 Å². The summed E-state index contributed by atoms with van der Waals surface area (Å²) < 4.78 is 5.15. The predicted octanol–water partition coefficient (Wildman–Crippen LogP) is 1.68. The highest BCUT2D eigenvalue weighted by Gasteiger charge is 2.23. The second-order valence-corrected chi connectivity index (χ2v) is 4.15. The Labute approximate surface area is 113 Å². The zero-order chi connectivity index (χ0) is 14.4. The molecule has 0 fully saturated rings. The maximum Gasteiger partial charge on any atom is 0.341 e. The Morgan fingerprint density at radius 1 is 1.26 bits per heavy atom. The van der Waals surface area contributed by atoms with Crippen molar-refractivity contribution >= 4 is 17.6 Å². The van der Waals surface area contributed by atoms with Crippen LogP contribution in [-0.4, -0.2) is 36.0 Å². The summed E-state index contributed by atoms with van der Waals surface area (Å²) in [4.78, 5) is 25.5. The third kappa shape index (κ3) is 3.71. The first-order valence-corrected chi connectivity index (χ1v) is 6.35. The first kappa shape index (κ1) is 15.0. The average molecular weight is 264 g/mol. The lowest BCUT2D eigenvalue weighted by atomic mass is 10.2. The number of nitrogen functional groups attached to an aromatic ring is 1. The summed E-state index contributed by atoms with van der Waals surface area (Å²) in [5.41, 5.74) is 6.31. The minimum atomic E-state index is -0.813. The van der Waals surface area contributed by atoms with Crippen LogP contribution in [0.2, 0.25) is 0 Å². The maximum atomic E-state index is 12.0. The lowest BCUT2D eigenvalue weighted by molar-refractivity contribution is -0.139. The lowest BCUT2D eigenvalue weighted by Crippen LogP contribution is -2.39. The van der Waals surface area contributed by atoms with Crippen LogP contribution in [0.5, 0.6) is 0 Å². The first-order chi connectivity index (χ1) is 9.01. The van der Waals surface area contributed by atoms with Crippen LogP contribution in [0.15, 0.2) is 24.3 Å². The van der Waals surface area contributed by atoms with Gasteiger partial charge in [-0.15, -0.1) is 0 Å². The third-order valence-electron chi connectivity index (χ3n) is 2.89. The molecular formula is C14H20N2O3. The summed E-state index contributed by atoms with van der Waals surface area (Å²) in [6.45, 7) is 6.50. The van der Waals surface area contributed by atoms with Crippen LogP contribution in [0.3, 0.4) is 0 Å². The summed E-state index contributed by atoms with van der Waals surface area (Å²) in [7, 11) is 0. The van der Waals surface area contributed by atoms with E-state index >= 15 is 0 Å². The molecule has 2 N–H and O–H groups in total. The van der Waals surface area contributed by atoms with Crippen LogP contribution < -0.4 is 5.73 Å². The number of para-hydroxylation sites is 1. The SMILES string of the molecule is CCN(CC)C(=O)C(C)OC(=O)c1ccccc1N. The van der Waals surface area contributed by atoms with Crippen molar-refractivity contribution < 1.29 is 14.3 Å². The number of ether oxygens (including phenoxy) is 1. The number of amides is 1. The van der Waals surface area contributed by atoms with Crippen molar-refractivity contribution in [1.82, 2.24) is 4.90 Å². The Balaban J connectivity index is 2.72. The molecule has 1 amide bonds. The number of rotatable bonds is 5. The van der Waals surface area contributed by atoms with Gasteiger partial charge in [-0.3, -0.25) is 4.79 Å². The number of nitrogens with zero attached hydrogens (tertiary/aromatic N) is 1. The van der Waals surface area contributed by atoms with E-state index in [2.05, 4.69) is 0 Å². The molecule has 0 aliphatic carbocycles. The Hall–Kier alpha value is -2.04. The van der Waals surface area contributed by atoms with Crippen molar-refractivity contribution in [3.05, 3.63) is 29.8 Å². The van der Waals surface area contributed by atoms with Crippen molar-refractivity contribution in [1.29, 1.82) is 0 Å². The van der Waals surface area contributed by atoms with Crippen LogP contribution in [-0.2, 0) is 9.53 Å². The summed E-state index contributed by atoms with van der Waals surface area (Å²) in [5, 5.41) is 0. The van der Waals surface area contributed by atoms with E-state index in [4.69, 9.17) is 10.5 Å². The topological polar surface area (TPSA) is 72.6 Å². The molecule has 1 atom stereocenters. The second-order valence-electron chi connectivity index (χ2n) is 4.15. The van der Waals surface area contributed by atoms with Gasteiger partial charge in [0, 0.05) is 18.8 Å². The van der Waals surface area contributed by atoms with Gasteiger partial charge < -0.3 is 15.4 Å². The van der Waals surface area contributed by atoms with Crippen LogP contribution >= 0.6 is 0 Å². The van der Waals surface area contributed by atoms with Crippen LogP contribution in [0.1, 0.15) is 31.1 Å². The van der Waals surface area contributed by atoms with Crippen molar-refractivity contribution in [2.45, 2.75) is 26.9 Å². The summed E-state index contributed by atoms with van der Waals surface area (Å²) in [5.74, 6) is -0.779. The van der Waals surface area contributed by atoms with Gasteiger partial charge in [-0.25, -0.2) is 4.79 Å². The number of carbonyl (C=O) groups is 2. The quantitative estimate of drug-likeness (QED) is 0.648. The molecule has 0 aliphatic heterocycles. The maximum absolute atomic E-state index is 12.0. The number of benzene rings is 1. The van der Waals surface area contributed by atoms with E-state index in [0.717, 1.165) is 0 Å². The van der Waals surface area contributed by atoms with Gasteiger partial charge in [0.25, 0.3) is 5.91 Å². The number of hydrogen-bond acceptors (Lipinski definition) is 4. The molecular weight excluding hydrogens is 244 g/mol. The molecule has 19 heavy (non-hydrogen) atoms. The van der Waals surface area contributed by atoms with Crippen molar-refractivity contribution in [2.24, 2.45) is 0 Å². The van der Waals surface area contributed by atoms with E-state index in [-0.39, 0.29) is 11.5 Å². The molecule has 0 aromatic heterocycles. The number of esters is 1. The van der Waals surface area contributed by atoms with Gasteiger partial charge >= 0.3 is 5.97 Å². The molecule has 0 heterocycles. The number of nitrogens with two attached hydrogens (primary N) is 1. The predicted molar refractivity (Wildman–Crippen MR) is 73.7 cm³/mol. The minimum Gasteiger partial charge on any atom is -0.449 e. The standard InChI is InChI=1S/C14H20N2O3/c1-4-16(5-2)13(17)10(3)19-14(18)11-8-6-7-9-12(11)15/h6-10H,4-5,15H2,1-3H3. The van der Waals surface area contributed by atoms with Gasteiger partial charge in [-0.2, -0.15) is 0 Å². The van der Waals surface area contributed by atoms with Crippen LogP contribution in [0.25, 0.3) is 0 Å². The molecule has 104 valence electrons. The Morgan fingerprint density at radius 3 is 2.37 bits per heavy atom. The molecule has 1 aromatic rings. The van der Waals surface area contributed by atoms with E-state index in [9.17, 15) is 9.59 Å². The molecule has 0 radical (unpaired) electrons. The summed E-state index contributed by atoms with van der Waals surface area (Å²) >= 11 is 0. The molecule has 0 saturated heterocycles. The number of anilines is 1. The van der Waals surface area contributed by atoms with Gasteiger partial charge in [-0.1, -0.05) is 12.1 Å². The van der Waals surface area contributed by atoms with Crippen molar-refractivity contribution in [3.63, 3.8) is 0 Å². The highest BCUT2D eigenvalue weighted by atomic mass is 16.5. The van der Waals surface area contributed by atoms with Gasteiger partial charge in [0.15, 0.2) is 6.10 Å². The lowest BCUT2D eigenvalue weighted by Gasteiger charge is -2.22. The average Bonchev–Trinajstić information content (AvgIpc) is 2.40. The highest BCUT2D eigenvalue weighted by molar-refractivity contribution is 5.96. The fourth-order valence-corrected chi connectivity index (χ4v) is 1.75. The Bertz CT molecular complexity index is 456. The van der Waals surface area contributed by atoms with Crippen molar-refractivity contribution in [2.75, 3.05) is 18.8 Å². The van der Waals surface area contributed by atoms with E-state index in [1.165, 1.54) is 0 Å². The Kier molecular flexibility index (Phi) is 5.36. The van der Waals surface area contributed by atoms with Crippen LogP contribution in [0.4, 0.5) is 5.69 Å². The minimum absolute atomic E-state index is 0.201. The van der Waals surface area contributed by atoms with Gasteiger partial charge in [0.1, 0.15) is 0 Å². The molecule has 5 heteroatoms. The van der Waals surface area contributed by atoms with Gasteiger partial charge in [-0.05, 0) is 32.9 Å². The van der Waals surface area contributed by atoms with E-state index in [1.54, 1.807) is 36.1 Å². The fourth-order valence-electron chi connectivity index (χ4n) is 1.75. The van der Waals surface area contributed by atoms with Crippen LogP contribution in [0, 0.1) is 0 Å². The third-order valence-corrected chi connectivity index (χ3v) is 2.89. The highest BCUT2D eigenvalue weighted by Crippen LogP contribution is 2.13. The van der Waals surface area contributed by atoms with Gasteiger partial charge in [0.2, 0.25) is 0 Å². The van der Waals surface area contributed by atoms with Crippen molar-refractivity contribution in [3.8, 4) is 0 Å². The zero-order valence-corrected chi connectivity index (χ0v) is 11.6. The summed E-state index contributed by atoms with van der Waals surface area (Å²) in [6.07, 6.45) is -0.813. The normalized spacial score (nSPS) is 11.7. The molecule has 0 bridgehead atoms. The summed E-state index contributed by atoms with van der Waals surface area (Å²) in [6, 6.07) is 6.63. The number of carbonyl (C=O) groups excluding carboxylic acids is 2. The molecule has 5 nitrogen and oxygen atoms in total. The first-order valence-electron chi connectivity index (χ1n) is 6.35. The fraction of sp³-hybridized carbons (Fsp3) is 0.429. The largest absolute Gasteiger partial charge is 0.449 e. The molecule has 0 aliphatic rings. The number of hydrogen-bond donors (Lipinski definition) is 1. The molecule has 1 aromatic carbocycles. The van der Waals surface area contributed by atoms with E-state index in [1.807, 2.05) is 13.8 Å². The Morgan fingerprint density at radius 2 is 1.84 bits per heavy atom. The number of likely N-dealkylation sites (N-methyl/N-ethyl adjacent to an activating group) is 1. The molecule has 1 unspecified atom stereocenters. The second kappa shape index (κ2) is 6.78.